The van der Waals surface area contributed by atoms with E-state index in [0.29, 0.717) is 18.6 Å². The highest BCUT2D eigenvalue weighted by Crippen LogP contribution is 2.14. The third kappa shape index (κ3) is 3.65. The van der Waals surface area contributed by atoms with E-state index >= 15 is 0 Å². The summed E-state index contributed by atoms with van der Waals surface area (Å²) in [5.41, 5.74) is 2.58. The zero-order valence-electron chi connectivity index (χ0n) is 11.2. The number of ketones is 1. The Labute approximate surface area is 113 Å². The van der Waals surface area contributed by atoms with Crippen molar-refractivity contribution in [3.63, 3.8) is 0 Å². The van der Waals surface area contributed by atoms with Gasteiger partial charge < -0.3 is 4.74 Å². The van der Waals surface area contributed by atoms with E-state index in [1.807, 2.05) is 38.1 Å². The molecular formula is C16H17NO2. The number of carbonyl (C=O) groups is 1. The highest BCUT2D eigenvalue weighted by Gasteiger charge is 2.08. The van der Waals surface area contributed by atoms with Crippen LogP contribution in [0, 0.1) is 6.92 Å². The van der Waals surface area contributed by atoms with Crippen LogP contribution in [-0.2, 0) is 6.42 Å². The van der Waals surface area contributed by atoms with Crippen LogP contribution in [0.25, 0.3) is 0 Å². The molecule has 0 aliphatic rings. The standard InChI is InChI=1S/C16H17NO2/c1-3-19-15-8-5-13(6-9-15)16(18)10-14-7-4-12(2)11-17-14/h4-9,11H,3,10H2,1-2H3. The Bertz CT molecular complexity index is 544. The molecule has 3 nitrogen and oxygen atoms in total. The Hall–Kier alpha value is -2.16. The minimum atomic E-state index is 0.0689. The van der Waals surface area contributed by atoms with Crippen molar-refractivity contribution in [3.05, 3.63) is 59.4 Å². The van der Waals surface area contributed by atoms with Gasteiger partial charge in [-0.05, 0) is 49.7 Å². The minimum absolute atomic E-state index is 0.0689. The number of aryl methyl sites for hydroxylation is 1. The molecule has 0 unspecified atom stereocenters. The zero-order chi connectivity index (χ0) is 13.7. The Morgan fingerprint density at radius 1 is 1.16 bits per heavy atom. The second kappa shape index (κ2) is 6.14. The van der Waals surface area contributed by atoms with Crippen molar-refractivity contribution >= 4 is 5.78 Å². The van der Waals surface area contributed by atoms with Crippen LogP contribution in [-0.4, -0.2) is 17.4 Å². The lowest BCUT2D eigenvalue weighted by atomic mass is 10.1. The van der Waals surface area contributed by atoms with Crippen LogP contribution in [0.5, 0.6) is 5.75 Å². The van der Waals surface area contributed by atoms with E-state index in [1.54, 1.807) is 18.3 Å². The number of benzene rings is 1. The molecule has 0 fully saturated rings. The maximum absolute atomic E-state index is 12.1. The van der Waals surface area contributed by atoms with Gasteiger partial charge in [0.05, 0.1) is 13.0 Å². The van der Waals surface area contributed by atoms with Crippen molar-refractivity contribution in [2.45, 2.75) is 20.3 Å². The van der Waals surface area contributed by atoms with E-state index in [2.05, 4.69) is 4.98 Å². The molecule has 0 saturated heterocycles. The first kappa shape index (κ1) is 13.3. The minimum Gasteiger partial charge on any atom is -0.494 e. The molecule has 0 radical (unpaired) electrons. The molecule has 1 aromatic heterocycles. The van der Waals surface area contributed by atoms with Crippen molar-refractivity contribution in [1.82, 2.24) is 4.98 Å². The number of carbonyl (C=O) groups excluding carboxylic acids is 1. The van der Waals surface area contributed by atoms with Crippen molar-refractivity contribution < 1.29 is 9.53 Å². The smallest absolute Gasteiger partial charge is 0.168 e. The van der Waals surface area contributed by atoms with Gasteiger partial charge >= 0.3 is 0 Å². The lowest BCUT2D eigenvalue weighted by Crippen LogP contribution is -2.05. The van der Waals surface area contributed by atoms with Gasteiger partial charge in [0.25, 0.3) is 0 Å². The molecular weight excluding hydrogens is 238 g/mol. The normalized spacial score (nSPS) is 10.2. The predicted octanol–water partition coefficient (Wildman–Crippen LogP) is 3.21. The summed E-state index contributed by atoms with van der Waals surface area (Å²) < 4.78 is 5.35. The Morgan fingerprint density at radius 3 is 2.47 bits per heavy atom. The summed E-state index contributed by atoms with van der Waals surface area (Å²) in [5, 5.41) is 0. The highest BCUT2D eigenvalue weighted by molar-refractivity contribution is 5.97. The quantitative estimate of drug-likeness (QED) is 0.770. The fourth-order valence-corrected chi connectivity index (χ4v) is 1.77. The summed E-state index contributed by atoms with van der Waals surface area (Å²) in [7, 11) is 0. The Balaban J connectivity index is 2.05. The van der Waals surface area contributed by atoms with Crippen molar-refractivity contribution in [3.8, 4) is 5.75 Å². The number of ether oxygens (including phenoxy) is 1. The summed E-state index contributed by atoms with van der Waals surface area (Å²) in [6, 6.07) is 11.1. The van der Waals surface area contributed by atoms with Crippen LogP contribution in [0.4, 0.5) is 0 Å². The van der Waals surface area contributed by atoms with Crippen LogP contribution in [0.15, 0.2) is 42.6 Å². The van der Waals surface area contributed by atoms with Crippen LogP contribution in [0.2, 0.25) is 0 Å². The maximum atomic E-state index is 12.1. The van der Waals surface area contributed by atoms with Gasteiger partial charge in [-0.1, -0.05) is 6.07 Å². The van der Waals surface area contributed by atoms with Crippen LogP contribution in [0.3, 0.4) is 0 Å². The van der Waals surface area contributed by atoms with Gasteiger partial charge in [0.1, 0.15) is 5.75 Å². The molecule has 0 atom stereocenters. The molecule has 0 aliphatic carbocycles. The highest BCUT2D eigenvalue weighted by atomic mass is 16.5. The average Bonchev–Trinajstić information content (AvgIpc) is 2.42. The van der Waals surface area contributed by atoms with Gasteiger partial charge in [-0.3, -0.25) is 9.78 Å². The van der Waals surface area contributed by atoms with Gasteiger partial charge in [0, 0.05) is 17.5 Å². The second-order valence-corrected chi connectivity index (χ2v) is 4.38. The summed E-state index contributed by atoms with van der Waals surface area (Å²) in [6.45, 7) is 4.54. The SMILES string of the molecule is CCOc1ccc(C(=O)Cc2ccc(C)cn2)cc1. The van der Waals surface area contributed by atoms with Gasteiger partial charge in [0.15, 0.2) is 5.78 Å². The number of pyridine rings is 1. The lowest BCUT2D eigenvalue weighted by molar-refractivity contribution is 0.0992. The number of hydrogen-bond acceptors (Lipinski definition) is 3. The third-order valence-electron chi connectivity index (χ3n) is 2.80. The fraction of sp³-hybridized carbons (Fsp3) is 0.250. The van der Waals surface area contributed by atoms with Crippen molar-refractivity contribution in [2.24, 2.45) is 0 Å². The zero-order valence-corrected chi connectivity index (χ0v) is 11.2. The van der Waals surface area contributed by atoms with E-state index in [4.69, 9.17) is 4.74 Å². The molecule has 1 aromatic carbocycles. The van der Waals surface area contributed by atoms with Crippen molar-refractivity contribution in [1.29, 1.82) is 0 Å². The predicted molar refractivity (Wildman–Crippen MR) is 74.6 cm³/mol. The number of hydrogen-bond donors (Lipinski definition) is 0. The van der Waals surface area contributed by atoms with E-state index in [9.17, 15) is 4.79 Å². The first-order valence-electron chi connectivity index (χ1n) is 6.36. The molecule has 0 N–H and O–H groups in total. The molecule has 0 aliphatic heterocycles. The van der Waals surface area contributed by atoms with Gasteiger partial charge in [-0.2, -0.15) is 0 Å². The number of nitrogens with zero attached hydrogens (tertiary/aromatic N) is 1. The number of aromatic nitrogens is 1. The molecule has 1 heterocycles. The van der Waals surface area contributed by atoms with E-state index in [-0.39, 0.29) is 5.78 Å². The fourth-order valence-electron chi connectivity index (χ4n) is 1.77. The molecule has 2 rings (SSSR count). The average molecular weight is 255 g/mol. The molecule has 0 amide bonds. The second-order valence-electron chi connectivity index (χ2n) is 4.38. The number of Topliss-reactive ketones (excluding diaryl/α,β-unsaturated/α-hetero) is 1. The molecule has 2 aromatic rings. The van der Waals surface area contributed by atoms with E-state index in [1.165, 1.54) is 0 Å². The first-order valence-corrected chi connectivity index (χ1v) is 6.36. The monoisotopic (exact) mass is 255 g/mol. The molecule has 3 heteroatoms. The summed E-state index contributed by atoms with van der Waals surface area (Å²) in [5.74, 6) is 0.854. The first-order chi connectivity index (χ1) is 9.19. The third-order valence-corrected chi connectivity index (χ3v) is 2.80. The molecule has 0 saturated carbocycles. The topological polar surface area (TPSA) is 39.2 Å². The van der Waals surface area contributed by atoms with E-state index in [0.717, 1.165) is 17.0 Å². The largest absolute Gasteiger partial charge is 0.494 e. The summed E-state index contributed by atoms with van der Waals surface area (Å²) in [4.78, 5) is 16.3. The van der Waals surface area contributed by atoms with E-state index < -0.39 is 0 Å². The summed E-state index contributed by atoms with van der Waals surface area (Å²) >= 11 is 0. The van der Waals surface area contributed by atoms with Gasteiger partial charge in [0.2, 0.25) is 0 Å². The molecule has 0 spiro atoms. The molecule has 0 bridgehead atoms. The number of rotatable bonds is 5. The van der Waals surface area contributed by atoms with Gasteiger partial charge in [-0.15, -0.1) is 0 Å². The Kier molecular flexibility index (Phi) is 4.29. The van der Waals surface area contributed by atoms with Gasteiger partial charge in [-0.25, -0.2) is 0 Å². The van der Waals surface area contributed by atoms with Crippen molar-refractivity contribution in [2.75, 3.05) is 6.61 Å². The van der Waals surface area contributed by atoms with Crippen LogP contribution < -0.4 is 4.74 Å². The van der Waals surface area contributed by atoms with Crippen LogP contribution >= 0.6 is 0 Å². The maximum Gasteiger partial charge on any atom is 0.168 e. The molecule has 19 heavy (non-hydrogen) atoms. The lowest BCUT2D eigenvalue weighted by Gasteiger charge is -2.04. The molecule has 98 valence electrons. The van der Waals surface area contributed by atoms with Crippen LogP contribution in [0.1, 0.15) is 28.5 Å². The summed E-state index contributed by atoms with van der Waals surface area (Å²) in [6.07, 6.45) is 2.11. The Morgan fingerprint density at radius 2 is 1.89 bits per heavy atom.